The quantitative estimate of drug-likeness (QED) is 0.779. The summed E-state index contributed by atoms with van der Waals surface area (Å²) >= 11 is 5.61. The number of aromatic nitrogens is 2. The summed E-state index contributed by atoms with van der Waals surface area (Å²) in [6.07, 6.45) is 0. The summed E-state index contributed by atoms with van der Waals surface area (Å²) in [6, 6.07) is 11.4. The molecule has 3 rings (SSSR count). The van der Waals surface area contributed by atoms with Gasteiger partial charge in [-0.15, -0.1) is 0 Å². The highest BCUT2D eigenvalue weighted by molar-refractivity contribution is 6.30. The van der Waals surface area contributed by atoms with E-state index in [2.05, 4.69) is 9.97 Å². The molecule has 3 aromatic rings. The Hall–Kier alpha value is -2.40. The van der Waals surface area contributed by atoms with E-state index in [4.69, 9.17) is 22.1 Å². The average molecular weight is 290 g/mol. The lowest BCUT2D eigenvalue weighted by atomic mass is 10.3. The summed E-state index contributed by atoms with van der Waals surface area (Å²) < 4.78 is 18.8. The molecule has 0 fully saturated rings. The Morgan fingerprint density at radius 2 is 1.75 bits per heavy atom. The molecular formula is C14H9ClFN3O. The van der Waals surface area contributed by atoms with E-state index in [9.17, 15) is 4.39 Å². The van der Waals surface area contributed by atoms with E-state index in [0.29, 0.717) is 11.0 Å². The lowest BCUT2D eigenvalue weighted by Crippen LogP contribution is -1.99. The van der Waals surface area contributed by atoms with Crippen molar-refractivity contribution in [3.63, 3.8) is 0 Å². The van der Waals surface area contributed by atoms with Crippen LogP contribution in [0, 0.1) is 5.82 Å². The van der Waals surface area contributed by atoms with Crippen LogP contribution in [-0.4, -0.2) is 9.97 Å². The lowest BCUT2D eigenvalue weighted by molar-refractivity contribution is 0.461. The molecule has 0 bridgehead atoms. The molecule has 0 saturated heterocycles. The van der Waals surface area contributed by atoms with Crippen LogP contribution in [0.2, 0.25) is 5.02 Å². The van der Waals surface area contributed by atoms with Crippen molar-refractivity contribution in [3.05, 3.63) is 53.3 Å². The van der Waals surface area contributed by atoms with E-state index in [0.717, 1.165) is 0 Å². The number of para-hydroxylation sites is 2. The van der Waals surface area contributed by atoms with Crippen LogP contribution in [0.5, 0.6) is 11.6 Å². The number of anilines is 1. The Balaban J connectivity index is 2.01. The summed E-state index contributed by atoms with van der Waals surface area (Å²) in [5, 5.41) is 0.0231. The van der Waals surface area contributed by atoms with Gasteiger partial charge in [0.15, 0.2) is 5.82 Å². The Labute approximate surface area is 119 Å². The minimum atomic E-state index is -0.573. The number of hydrogen-bond acceptors (Lipinski definition) is 4. The van der Waals surface area contributed by atoms with Gasteiger partial charge < -0.3 is 10.5 Å². The summed E-state index contributed by atoms with van der Waals surface area (Å²) in [4.78, 5) is 8.44. The normalized spacial score (nSPS) is 10.7. The van der Waals surface area contributed by atoms with Crippen molar-refractivity contribution in [1.29, 1.82) is 0 Å². The average Bonchev–Trinajstić information content (AvgIpc) is 2.44. The van der Waals surface area contributed by atoms with Crippen LogP contribution < -0.4 is 10.5 Å². The number of rotatable bonds is 2. The van der Waals surface area contributed by atoms with Crippen LogP contribution in [0.4, 0.5) is 10.2 Å². The van der Waals surface area contributed by atoms with Crippen LogP contribution >= 0.6 is 11.6 Å². The molecule has 0 saturated carbocycles. The molecule has 4 nitrogen and oxygen atoms in total. The molecule has 0 amide bonds. The Morgan fingerprint density at radius 1 is 1.05 bits per heavy atom. The van der Waals surface area contributed by atoms with E-state index in [-0.39, 0.29) is 22.5 Å². The van der Waals surface area contributed by atoms with Crippen LogP contribution in [-0.2, 0) is 0 Å². The Kier molecular flexibility index (Phi) is 3.12. The van der Waals surface area contributed by atoms with Crippen LogP contribution in [0.15, 0.2) is 42.5 Å². The fraction of sp³-hybridized carbons (Fsp3) is 0. The van der Waals surface area contributed by atoms with Gasteiger partial charge >= 0.3 is 0 Å². The molecule has 20 heavy (non-hydrogen) atoms. The van der Waals surface area contributed by atoms with Crippen molar-refractivity contribution >= 4 is 28.5 Å². The fourth-order valence-electron chi connectivity index (χ4n) is 1.72. The SMILES string of the molecule is Nc1nc2ccccc2nc1Oc1ccc(Cl)c(F)c1. The number of halogens is 2. The van der Waals surface area contributed by atoms with Gasteiger partial charge in [0.25, 0.3) is 5.88 Å². The molecule has 1 aromatic heterocycles. The predicted molar refractivity (Wildman–Crippen MR) is 75.4 cm³/mol. The second kappa shape index (κ2) is 4.94. The molecule has 2 N–H and O–H groups in total. The molecular weight excluding hydrogens is 281 g/mol. The third kappa shape index (κ3) is 2.35. The number of benzene rings is 2. The van der Waals surface area contributed by atoms with Gasteiger partial charge in [-0.1, -0.05) is 23.7 Å². The van der Waals surface area contributed by atoms with Crippen LogP contribution in [0.3, 0.4) is 0 Å². The third-order valence-electron chi connectivity index (χ3n) is 2.67. The second-order valence-corrected chi connectivity index (χ2v) is 4.49. The van der Waals surface area contributed by atoms with Gasteiger partial charge in [0.05, 0.1) is 16.1 Å². The molecule has 0 aliphatic heterocycles. The van der Waals surface area contributed by atoms with E-state index < -0.39 is 5.82 Å². The second-order valence-electron chi connectivity index (χ2n) is 4.08. The summed E-state index contributed by atoms with van der Waals surface area (Å²) in [6.45, 7) is 0. The van der Waals surface area contributed by atoms with Gasteiger partial charge in [0.2, 0.25) is 0 Å². The Morgan fingerprint density at radius 3 is 2.45 bits per heavy atom. The van der Waals surface area contributed by atoms with Crippen LogP contribution in [0.1, 0.15) is 0 Å². The zero-order valence-corrected chi connectivity index (χ0v) is 10.9. The number of ether oxygens (including phenoxy) is 1. The number of nitrogens with zero attached hydrogens (tertiary/aromatic N) is 2. The van der Waals surface area contributed by atoms with Gasteiger partial charge in [-0.25, -0.2) is 14.4 Å². The van der Waals surface area contributed by atoms with E-state index in [1.165, 1.54) is 18.2 Å². The van der Waals surface area contributed by atoms with E-state index in [1.807, 2.05) is 12.1 Å². The molecule has 2 aromatic carbocycles. The number of hydrogen-bond donors (Lipinski definition) is 1. The largest absolute Gasteiger partial charge is 0.436 e. The standard InChI is InChI=1S/C14H9ClFN3O/c15-9-6-5-8(7-10(9)16)20-14-13(17)18-11-3-1-2-4-12(11)19-14/h1-7H,(H2,17,18). The van der Waals surface area contributed by atoms with Gasteiger partial charge in [0, 0.05) is 6.07 Å². The summed E-state index contributed by atoms with van der Waals surface area (Å²) in [5.41, 5.74) is 7.09. The first-order chi connectivity index (χ1) is 9.63. The molecule has 100 valence electrons. The van der Waals surface area contributed by atoms with Gasteiger partial charge in [-0.05, 0) is 24.3 Å². The summed E-state index contributed by atoms with van der Waals surface area (Å²) in [5.74, 6) is -0.0517. The first-order valence-corrected chi connectivity index (χ1v) is 6.16. The van der Waals surface area contributed by atoms with Gasteiger partial charge in [0.1, 0.15) is 11.6 Å². The molecule has 6 heteroatoms. The van der Waals surface area contributed by atoms with E-state index in [1.54, 1.807) is 12.1 Å². The highest BCUT2D eigenvalue weighted by Gasteiger charge is 2.09. The van der Waals surface area contributed by atoms with Crippen molar-refractivity contribution in [3.8, 4) is 11.6 Å². The maximum absolute atomic E-state index is 13.4. The maximum Gasteiger partial charge on any atom is 0.263 e. The monoisotopic (exact) mass is 289 g/mol. The first kappa shape index (κ1) is 12.6. The molecule has 0 spiro atoms. The molecule has 0 aliphatic rings. The number of nitrogen functional groups attached to an aromatic ring is 1. The van der Waals surface area contributed by atoms with Gasteiger partial charge in [-0.3, -0.25) is 0 Å². The number of nitrogens with two attached hydrogens (primary N) is 1. The maximum atomic E-state index is 13.4. The molecule has 0 atom stereocenters. The predicted octanol–water partition coefficient (Wildman–Crippen LogP) is 3.80. The minimum Gasteiger partial charge on any atom is -0.436 e. The van der Waals surface area contributed by atoms with Crippen molar-refractivity contribution in [2.24, 2.45) is 0 Å². The van der Waals surface area contributed by atoms with Crippen molar-refractivity contribution in [1.82, 2.24) is 9.97 Å². The minimum absolute atomic E-state index is 0.0231. The van der Waals surface area contributed by atoms with Crippen molar-refractivity contribution in [2.45, 2.75) is 0 Å². The molecule has 0 aliphatic carbocycles. The molecule has 0 radical (unpaired) electrons. The Bertz CT molecular complexity index is 794. The number of fused-ring (bicyclic) bond motifs is 1. The van der Waals surface area contributed by atoms with Crippen molar-refractivity contribution < 1.29 is 9.13 Å². The third-order valence-corrected chi connectivity index (χ3v) is 2.98. The zero-order valence-electron chi connectivity index (χ0n) is 10.2. The zero-order chi connectivity index (χ0) is 14.1. The summed E-state index contributed by atoms with van der Waals surface area (Å²) in [7, 11) is 0. The molecule has 1 heterocycles. The van der Waals surface area contributed by atoms with Crippen molar-refractivity contribution in [2.75, 3.05) is 5.73 Å². The lowest BCUT2D eigenvalue weighted by Gasteiger charge is -2.08. The topological polar surface area (TPSA) is 61.0 Å². The smallest absolute Gasteiger partial charge is 0.263 e. The van der Waals surface area contributed by atoms with Gasteiger partial charge in [-0.2, -0.15) is 0 Å². The highest BCUT2D eigenvalue weighted by atomic mass is 35.5. The first-order valence-electron chi connectivity index (χ1n) is 5.78. The highest BCUT2D eigenvalue weighted by Crippen LogP contribution is 2.28. The fourth-order valence-corrected chi connectivity index (χ4v) is 1.84. The van der Waals surface area contributed by atoms with E-state index >= 15 is 0 Å². The van der Waals surface area contributed by atoms with Crippen LogP contribution in [0.25, 0.3) is 11.0 Å². The molecule has 0 unspecified atom stereocenters.